The minimum atomic E-state index is -0.0755. The molecule has 0 aromatic heterocycles. The van der Waals surface area contributed by atoms with Gasteiger partial charge in [-0.1, -0.05) is 0 Å². The second kappa shape index (κ2) is 6.15. The van der Waals surface area contributed by atoms with Crippen molar-refractivity contribution in [1.82, 2.24) is 5.32 Å². The van der Waals surface area contributed by atoms with Gasteiger partial charge < -0.3 is 15.4 Å². The minimum absolute atomic E-state index is 0.0582. The van der Waals surface area contributed by atoms with Crippen LogP contribution in [0.4, 0.5) is 5.69 Å². The molecule has 1 aromatic rings. The summed E-state index contributed by atoms with van der Waals surface area (Å²) < 4.78 is 5.46. The summed E-state index contributed by atoms with van der Waals surface area (Å²) in [5.74, 6) is -0.0755. The van der Waals surface area contributed by atoms with Crippen LogP contribution in [0, 0.1) is 11.3 Å². The molecule has 1 fully saturated rings. The number of rotatable bonds is 3. The number of morpholine rings is 1. The third kappa shape index (κ3) is 3.55. The topological polar surface area (TPSA) is 74.2 Å². The molecule has 1 atom stereocenters. The minimum Gasteiger partial charge on any atom is -0.375 e. The number of nitriles is 1. The lowest BCUT2D eigenvalue weighted by atomic mass is 10.2. The average Bonchev–Trinajstić information content (AvgIpc) is 2.40. The highest BCUT2D eigenvalue weighted by molar-refractivity contribution is 5.91. The number of nitrogens with zero attached hydrogens (tertiary/aromatic N) is 1. The van der Waals surface area contributed by atoms with Crippen molar-refractivity contribution < 1.29 is 9.53 Å². The molecular weight excluding hydrogens is 230 g/mol. The Morgan fingerprint density at radius 2 is 2.28 bits per heavy atom. The molecule has 0 bridgehead atoms. The summed E-state index contributed by atoms with van der Waals surface area (Å²) in [5, 5.41) is 14.6. The molecule has 0 saturated carbocycles. The zero-order valence-electron chi connectivity index (χ0n) is 9.98. The van der Waals surface area contributed by atoms with Crippen LogP contribution in [0.15, 0.2) is 24.3 Å². The summed E-state index contributed by atoms with van der Waals surface area (Å²) in [4.78, 5) is 11.8. The van der Waals surface area contributed by atoms with E-state index < -0.39 is 0 Å². The molecule has 1 heterocycles. The van der Waals surface area contributed by atoms with Crippen LogP contribution in [-0.2, 0) is 9.53 Å². The first kappa shape index (κ1) is 12.6. The quantitative estimate of drug-likeness (QED) is 0.829. The molecule has 2 N–H and O–H groups in total. The number of ether oxygens (including phenoxy) is 1. The van der Waals surface area contributed by atoms with E-state index in [-0.39, 0.29) is 12.0 Å². The Bertz CT molecular complexity index is 444. The Morgan fingerprint density at radius 3 is 2.89 bits per heavy atom. The van der Waals surface area contributed by atoms with Crippen LogP contribution in [0.3, 0.4) is 0 Å². The highest BCUT2D eigenvalue weighted by atomic mass is 16.5. The fraction of sp³-hybridized carbons (Fsp3) is 0.385. The molecule has 5 heteroatoms. The maximum Gasteiger partial charge on any atom is 0.227 e. The molecule has 1 unspecified atom stereocenters. The number of carbonyl (C=O) groups excluding carboxylic acids is 1. The Hall–Kier alpha value is -1.90. The molecule has 1 aromatic carbocycles. The Morgan fingerprint density at radius 1 is 1.50 bits per heavy atom. The first-order chi connectivity index (χ1) is 8.78. The maximum absolute atomic E-state index is 11.8. The van der Waals surface area contributed by atoms with Crippen LogP contribution in [0.2, 0.25) is 0 Å². The normalized spacial score (nSPS) is 18.9. The predicted octanol–water partition coefficient (Wildman–Crippen LogP) is 0.875. The first-order valence-corrected chi connectivity index (χ1v) is 5.90. The summed E-state index contributed by atoms with van der Waals surface area (Å²) in [6.45, 7) is 2.20. The van der Waals surface area contributed by atoms with Crippen LogP contribution in [-0.4, -0.2) is 31.7 Å². The summed E-state index contributed by atoms with van der Waals surface area (Å²) >= 11 is 0. The SMILES string of the molecule is N#Cc1ccc(NC(=O)CC2CNCCO2)cc1. The van der Waals surface area contributed by atoms with Gasteiger partial charge in [-0.2, -0.15) is 5.26 Å². The molecule has 94 valence electrons. The average molecular weight is 245 g/mol. The molecular formula is C13H15N3O2. The zero-order chi connectivity index (χ0) is 12.8. The molecule has 1 aliphatic rings. The van der Waals surface area contributed by atoms with Gasteiger partial charge in [0.1, 0.15) is 0 Å². The van der Waals surface area contributed by atoms with Crippen molar-refractivity contribution in [3.8, 4) is 6.07 Å². The standard InChI is InChI=1S/C13H15N3O2/c14-8-10-1-3-11(4-2-10)16-13(17)7-12-9-15-5-6-18-12/h1-4,12,15H,5-7,9H2,(H,16,17). The van der Waals surface area contributed by atoms with Crippen molar-refractivity contribution >= 4 is 11.6 Å². The largest absolute Gasteiger partial charge is 0.375 e. The monoisotopic (exact) mass is 245 g/mol. The van der Waals surface area contributed by atoms with Crippen molar-refractivity contribution in [3.05, 3.63) is 29.8 Å². The van der Waals surface area contributed by atoms with Crippen molar-refractivity contribution in [2.24, 2.45) is 0 Å². The number of hydrogen-bond donors (Lipinski definition) is 2. The highest BCUT2D eigenvalue weighted by Crippen LogP contribution is 2.10. The lowest BCUT2D eigenvalue weighted by molar-refractivity contribution is -0.119. The number of carbonyl (C=O) groups is 1. The second-order valence-corrected chi connectivity index (χ2v) is 4.14. The van der Waals surface area contributed by atoms with E-state index in [1.807, 2.05) is 6.07 Å². The summed E-state index contributed by atoms with van der Waals surface area (Å²) in [7, 11) is 0. The number of anilines is 1. The van der Waals surface area contributed by atoms with E-state index >= 15 is 0 Å². The van der Waals surface area contributed by atoms with Gasteiger partial charge in [0.15, 0.2) is 0 Å². The number of benzene rings is 1. The van der Waals surface area contributed by atoms with E-state index in [2.05, 4.69) is 10.6 Å². The van der Waals surface area contributed by atoms with Gasteiger partial charge in [-0.05, 0) is 24.3 Å². The van der Waals surface area contributed by atoms with Crippen LogP contribution >= 0.6 is 0 Å². The Balaban J connectivity index is 1.84. The number of hydrogen-bond acceptors (Lipinski definition) is 4. The molecule has 0 spiro atoms. The smallest absolute Gasteiger partial charge is 0.227 e. The number of nitrogens with one attached hydrogen (secondary N) is 2. The highest BCUT2D eigenvalue weighted by Gasteiger charge is 2.17. The van der Waals surface area contributed by atoms with Gasteiger partial charge in [0.05, 0.1) is 30.8 Å². The van der Waals surface area contributed by atoms with Crippen LogP contribution in [0.1, 0.15) is 12.0 Å². The molecule has 1 saturated heterocycles. The molecule has 18 heavy (non-hydrogen) atoms. The van der Waals surface area contributed by atoms with Crippen molar-refractivity contribution in [3.63, 3.8) is 0 Å². The maximum atomic E-state index is 11.8. The second-order valence-electron chi connectivity index (χ2n) is 4.14. The first-order valence-electron chi connectivity index (χ1n) is 5.90. The molecule has 2 rings (SSSR count). The van der Waals surface area contributed by atoms with Crippen molar-refractivity contribution in [2.75, 3.05) is 25.0 Å². The summed E-state index contributed by atoms with van der Waals surface area (Å²) in [6, 6.07) is 8.82. The molecule has 1 amide bonds. The van der Waals surface area contributed by atoms with Crippen molar-refractivity contribution in [2.45, 2.75) is 12.5 Å². The van der Waals surface area contributed by atoms with E-state index in [9.17, 15) is 4.79 Å². The fourth-order valence-electron chi connectivity index (χ4n) is 1.80. The van der Waals surface area contributed by atoms with Gasteiger partial charge in [-0.25, -0.2) is 0 Å². The van der Waals surface area contributed by atoms with Gasteiger partial charge in [0, 0.05) is 18.8 Å². The van der Waals surface area contributed by atoms with Gasteiger partial charge >= 0.3 is 0 Å². The number of amides is 1. The van der Waals surface area contributed by atoms with E-state index in [4.69, 9.17) is 10.00 Å². The van der Waals surface area contributed by atoms with E-state index in [1.165, 1.54) is 0 Å². The van der Waals surface area contributed by atoms with Crippen LogP contribution in [0.5, 0.6) is 0 Å². The lowest BCUT2D eigenvalue weighted by Crippen LogP contribution is -2.40. The van der Waals surface area contributed by atoms with Gasteiger partial charge in [-0.15, -0.1) is 0 Å². The Kier molecular flexibility index (Phi) is 4.29. The van der Waals surface area contributed by atoms with E-state index in [1.54, 1.807) is 24.3 Å². The van der Waals surface area contributed by atoms with Crippen LogP contribution < -0.4 is 10.6 Å². The van der Waals surface area contributed by atoms with Crippen LogP contribution in [0.25, 0.3) is 0 Å². The lowest BCUT2D eigenvalue weighted by Gasteiger charge is -2.23. The van der Waals surface area contributed by atoms with Gasteiger partial charge in [0.2, 0.25) is 5.91 Å². The summed E-state index contributed by atoms with van der Waals surface area (Å²) in [5.41, 5.74) is 1.27. The molecule has 1 aliphatic heterocycles. The van der Waals surface area contributed by atoms with E-state index in [0.717, 1.165) is 6.54 Å². The molecule has 5 nitrogen and oxygen atoms in total. The predicted molar refractivity (Wildman–Crippen MR) is 67.0 cm³/mol. The third-order valence-electron chi connectivity index (χ3n) is 2.72. The zero-order valence-corrected chi connectivity index (χ0v) is 9.98. The Labute approximate surface area is 106 Å². The third-order valence-corrected chi connectivity index (χ3v) is 2.72. The summed E-state index contributed by atoms with van der Waals surface area (Å²) in [6.07, 6.45) is 0.282. The fourth-order valence-corrected chi connectivity index (χ4v) is 1.80. The van der Waals surface area contributed by atoms with Crippen molar-refractivity contribution in [1.29, 1.82) is 5.26 Å². The molecule has 0 aliphatic carbocycles. The molecule has 0 radical (unpaired) electrons. The van der Waals surface area contributed by atoms with Gasteiger partial charge in [0.25, 0.3) is 0 Å². The van der Waals surface area contributed by atoms with E-state index in [0.29, 0.717) is 30.8 Å². The van der Waals surface area contributed by atoms with Gasteiger partial charge in [-0.3, -0.25) is 4.79 Å².